The van der Waals surface area contributed by atoms with Gasteiger partial charge in [-0.05, 0) is 23.3 Å². The maximum atomic E-state index is 12.3. The van der Waals surface area contributed by atoms with Crippen molar-refractivity contribution in [3.8, 4) is 6.07 Å². The summed E-state index contributed by atoms with van der Waals surface area (Å²) in [7, 11) is 0. The van der Waals surface area contributed by atoms with Crippen LogP contribution in [0.4, 0.5) is 0 Å². The average molecular weight is 356 g/mol. The lowest BCUT2D eigenvalue weighted by Gasteiger charge is -2.17. The molecular weight excluding hydrogens is 338 g/mol. The third-order valence-corrected chi connectivity index (χ3v) is 4.01. The molecule has 128 valence electrons. The Morgan fingerprint density at radius 1 is 1.04 bits per heavy atom. The molecule has 0 heterocycles. The quantitative estimate of drug-likeness (QED) is 0.591. The minimum Gasteiger partial charge on any atom is -0.351 e. The molecule has 1 unspecified atom stereocenters. The summed E-state index contributed by atoms with van der Waals surface area (Å²) in [6.45, 7) is 0.0629. The SMILES string of the molecule is N#CCNC(=O)C(CNC(=O)c1ccc(CCl)cc1)c1ccccc1. The lowest BCUT2D eigenvalue weighted by molar-refractivity contribution is -0.122. The van der Waals surface area contributed by atoms with E-state index in [9.17, 15) is 9.59 Å². The number of benzene rings is 2. The van der Waals surface area contributed by atoms with Crippen LogP contribution >= 0.6 is 11.6 Å². The second kappa shape index (κ2) is 9.45. The molecule has 0 aromatic heterocycles. The van der Waals surface area contributed by atoms with Crippen LogP contribution in [-0.4, -0.2) is 24.9 Å². The molecule has 2 N–H and O–H groups in total. The minimum atomic E-state index is -0.569. The van der Waals surface area contributed by atoms with Gasteiger partial charge in [0.1, 0.15) is 6.54 Å². The Labute approximate surface area is 151 Å². The minimum absolute atomic E-state index is 0.0734. The predicted octanol–water partition coefficient (Wildman–Crippen LogP) is 2.58. The van der Waals surface area contributed by atoms with Gasteiger partial charge in [0.25, 0.3) is 5.91 Å². The molecule has 0 radical (unpaired) electrons. The average Bonchev–Trinajstić information content (AvgIpc) is 2.67. The molecule has 2 aromatic rings. The van der Waals surface area contributed by atoms with E-state index in [1.54, 1.807) is 24.3 Å². The van der Waals surface area contributed by atoms with Crippen LogP contribution in [0, 0.1) is 11.3 Å². The zero-order chi connectivity index (χ0) is 18.1. The third-order valence-electron chi connectivity index (χ3n) is 3.70. The molecule has 0 saturated heterocycles. The summed E-state index contributed by atoms with van der Waals surface area (Å²) in [6.07, 6.45) is 0. The van der Waals surface area contributed by atoms with Crippen molar-refractivity contribution in [2.45, 2.75) is 11.8 Å². The fraction of sp³-hybridized carbons (Fsp3) is 0.211. The molecule has 1 atom stereocenters. The van der Waals surface area contributed by atoms with Gasteiger partial charge in [-0.15, -0.1) is 11.6 Å². The number of carbonyl (C=O) groups excluding carboxylic acids is 2. The zero-order valence-electron chi connectivity index (χ0n) is 13.5. The van der Waals surface area contributed by atoms with Gasteiger partial charge in [0.05, 0.1) is 12.0 Å². The molecule has 0 spiro atoms. The van der Waals surface area contributed by atoms with Gasteiger partial charge in [0.15, 0.2) is 0 Å². The zero-order valence-corrected chi connectivity index (χ0v) is 14.3. The summed E-state index contributed by atoms with van der Waals surface area (Å²) in [6, 6.07) is 18.0. The van der Waals surface area contributed by atoms with E-state index in [1.807, 2.05) is 36.4 Å². The van der Waals surface area contributed by atoms with Crippen LogP contribution in [0.5, 0.6) is 0 Å². The van der Waals surface area contributed by atoms with E-state index in [-0.39, 0.29) is 24.9 Å². The normalized spacial score (nSPS) is 11.2. The molecule has 25 heavy (non-hydrogen) atoms. The topological polar surface area (TPSA) is 82.0 Å². The fourth-order valence-electron chi connectivity index (χ4n) is 2.34. The van der Waals surface area contributed by atoms with Gasteiger partial charge in [0.2, 0.25) is 5.91 Å². The standard InChI is InChI=1S/C19H18ClN3O2/c20-12-14-6-8-16(9-7-14)18(24)23-13-17(19(25)22-11-10-21)15-4-2-1-3-5-15/h1-9,17H,11-13H2,(H,22,25)(H,23,24). The van der Waals surface area contributed by atoms with Gasteiger partial charge >= 0.3 is 0 Å². The first kappa shape index (κ1) is 18.5. The largest absolute Gasteiger partial charge is 0.351 e. The molecule has 0 aliphatic heterocycles. The molecule has 0 aliphatic rings. The Hall–Kier alpha value is -2.84. The highest BCUT2D eigenvalue weighted by Gasteiger charge is 2.21. The Morgan fingerprint density at radius 3 is 2.32 bits per heavy atom. The Morgan fingerprint density at radius 2 is 1.72 bits per heavy atom. The maximum Gasteiger partial charge on any atom is 0.251 e. The van der Waals surface area contributed by atoms with E-state index < -0.39 is 5.92 Å². The van der Waals surface area contributed by atoms with Crippen LogP contribution in [0.15, 0.2) is 54.6 Å². The van der Waals surface area contributed by atoms with E-state index in [1.165, 1.54) is 0 Å². The van der Waals surface area contributed by atoms with Crippen molar-refractivity contribution >= 4 is 23.4 Å². The number of rotatable bonds is 7. The first-order valence-corrected chi connectivity index (χ1v) is 8.32. The number of nitriles is 1. The summed E-state index contributed by atoms with van der Waals surface area (Å²) in [5, 5.41) is 14.0. The van der Waals surface area contributed by atoms with Crippen molar-refractivity contribution in [1.29, 1.82) is 5.26 Å². The molecule has 2 aromatic carbocycles. The number of hydrogen-bond acceptors (Lipinski definition) is 3. The van der Waals surface area contributed by atoms with Crippen LogP contribution in [0.2, 0.25) is 0 Å². The summed E-state index contributed by atoms with van der Waals surface area (Å²) in [4.78, 5) is 24.6. The lowest BCUT2D eigenvalue weighted by atomic mass is 9.98. The van der Waals surface area contributed by atoms with Crippen LogP contribution in [-0.2, 0) is 10.7 Å². The fourth-order valence-corrected chi connectivity index (χ4v) is 2.52. The molecule has 5 nitrogen and oxygen atoms in total. The number of halogens is 1. The van der Waals surface area contributed by atoms with Crippen molar-refractivity contribution in [2.75, 3.05) is 13.1 Å². The number of hydrogen-bond donors (Lipinski definition) is 2. The first-order valence-electron chi connectivity index (χ1n) is 7.78. The Balaban J connectivity index is 2.07. The van der Waals surface area contributed by atoms with Crippen molar-refractivity contribution in [3.63, 3.8) is 0 Å². The Bertz CT molecular complexity index is 754. The summed E-state index contributed by atoms with van der Waals surface area (Å²) in [5.41, 5.74) is 2.20. The van der Waals surface area contributed by atoms with E-state index in [0.717, 1.165) is 11.1 Å². The number of alkyl halides is 1. The molecule has 6 heteroatoms. The van der Waals surface area contributed by atoms with E-state index in [0.29, 0.717) is 11.4 Å². The molecule has 0 fully saturated rings. The molecule has 0 saturated carbocycles. The maximum absolute atomic E-state index is 12.3. The molecular formula is C19H18ClN3O2. The van der Waals surface area contributed by atoms with E-state index in [4.69, 9.17) is 16.9 Å². The van der Waals surface area contributed by atoms with Crippen LogP contribution in [0.1, 0.15) is 27.4 Å². The Kier molecular flexibility index (Phi) is 7.00. The predicted molar refractivity (Wildman–Crippen MR) is 96.1 cm³/mol. The summed E-state index contributed by atoms with van der Waals surface area (Å²) in [5.74, 6) is -0.752. The van der Waals surface area contributed by atoms with Crippen LogP contribution in [0.3, 0.4) is 0 Å². The smallest absolute Gasteiger partial charge is 0.251 e. The third kappa shape index (κ3) is 5.33. The first-order chi connectivity index (χ1) is 12.2. The molecule has 2 amide bonds. The monoisotopic (exact) mass is 355 g/mol. The highest BCUT2D eigenvalue weighted by Crippen LogP contribution is 2.15. The van der Waals surface area contributed by atoms with Crippen LogP contribution < -0.4 is 10.6 Å². The number of nitrogens with one attached hydrogen (secondary N) is 2. The van der Waals surface area contributed by atoms with E-state index in [2.05, 4.69) is 10.6 Å². The van der Waals surface area contributed by atoms with Crippen molar-refractivity contribution in [2.24, 2.45) is 0 Å². The van der Waals surface area contributed by atoms with Gasteiger partial charge in [-0.1, -0.05) is 42.5 Å². The second-order valence-corrected chi connectivity index (χ2v) is 5.65. The number of carbonyl (C=O) groups is 2. The molecule has 2 rings (SSSR count). The highest BCUT2D eigenvalue weighted by molar-refractivity contribution is 6.17. The van der Waals surface area contributed by atoms with Gasteiger partial charge < -0.3 is 10.6 Å². The summed E-state index contributed by atoms with van der Waals surface area (Å²) >= 11 is 5.74. The second-order valence-electron chi connectivity index (χ2n) is 5.38. The van der Waals surface area contributed by atoms with Crippen molar-refractivity contribution in [1.82, 2.24) is 10.6 Å². The summed E-state index contributed by atoms with van der Waals surface area (Å²) < 4.78 is 0. The van der Waals surface area contributed by atoms with Crippen molar-refractivity contribution < 1.29 is 9.59 Å². The van der Waals surface area contributed by atoms with Gasteiger partial charge in [-0.25, -0.2) is 0 Å². The lowest BCUT2D eigenvalue weighted by Crippen LogP contribution is -2.37. The van der Waals surface area contributed by atoms with Gasteiger partial charge in [0, 0.05) is 18.0 Å². The highest BCUT2D eigenvalue weighted by atomic mass is 35.5. The van der Waals surface area contributed by atoms with Gasteiger partial charge in [-0.3, -0.25) is 9.59 Å². The molecule has 0 bridgehead atoms. The number of amides is 2. The van der Waals surface area contributed by atoms with Gasteiger partial charge in [-0.2, -0.15) is 5.26 Å². The molecule has 0 aliphatic carbocycles. The number of nitrogens with zero attached hydrogens (tertiary/aromatic N) is 1. The van der Waals surface area contributed by atoms with E-state index >= 15 is 0 Å². The van der Waals surface area contributed by atoms with Crippen molar-refractivity contribution in [3.05, 3.63) is 71.3 Å². The van der Waals surface area contributed by atoms with Crippen LogP contribution in [0.25, 0.3) is 0 Å².